The van der Waals surface area contributed by atoms with E-state index in [0.29, 0.717) is 19.5 Å². The van der Waals surface area contributed by atoms with Gasteiger partial charge in [-0.3, -0.25) is 4.79 Å². The van der Waals surface area contributed by atoms with Gasteiger partial charge in [0.2, 0.25) is 5.91 Å². The summed E-state index contributed by atoms with van der Waals surface area (Å²) in [6.45, 7) is 1.38. The molecule has 2 aliphatic rings. The maximum absolute atomic E-state index is 12.6. The van der Waals surface area contributed by atoms with Gasteiger partial charge in [-0.1, -0.05) is 48.5 Å². The highest BCUT2D eigenvalue weighted by molar-refractivity contribution is 5.76. The summed E-state index contributed by atoms with van der Waals surface area (Å²) >= 11 is 0. The Hall–Kier alpha value is -2.33. The monoisotopic (exact) mass is 336 g/mol. The van der Waals surface area contributed by atoms with Crippen LogP contribution >= 0.6 is 0 Å². The minimum atomic E-state index is -0.325. The maximum atomic E-state index is 12.6. The molecule has 1 spiro atoms. The SMILES string of the molecule is N[C@H]1C[C@@]2(CCC(=O)N(Cc3ccccc3)CC2)Oc2ccccc21. The third kappa shape index (κ3) is 3.27. The van der Waals surface area contributed by atoms with E-state index in [1.54, 1.807) is 0 Å². The van der Waals surface area contributed by atoms with Crippen molar-refractivity contribution in [3.63, 3.8) is 0 Å². The van der Waals surface area contributed by atoms with Crippen molar-refractivity contribution in [3.05, 3.63) is 65.7 Å². The lowest BCUT2D eigenvalue weighted by Crippen LogP contribution is -2.43. The Morgan fingerprint density at radius 3 is 2.68 bits per heavy atom. The summed E-state index contributed by atoms with van der Waals surface area (Å²) in [4.78, 5) is 14.6. The summed E-state index contributed by atoms with van der Waals surface area (Å²) in [6, 6.07) is 18.1. The third-order valence-electron chi connectivity index (χ3n) is 5.44. The average Bonchev–Trinajstić information content (AvgIpc) is 2.77. The molecule has 0 aromatic heterocycles. The zero-order chi connectivity index (χ0) is 17.3. The molecule has 25 heavy (non-hydrogen) atoms. The van der Waals surface area contributed by atoms with E-state index in [-0.39, 0.29) is 17.6 Å². The highest BCUT2D eigenvalue weighted by Crippen LogP contribution is 2.43. The van der Waals surface area contributed by atoms with Gasteiger partial charge in [-0.25, -0.2) is 0 Å². The molecule has 130 valence electrons. The third-order valence-corrected chi connectivity index (χ3v) is 5.44. The number of ether oxygens (including phenoxy) is 1. The molecule has 1 fully saturated rings. The number of nitrogens with zero attached hydrogens (tertiary/aromatic N) is 1. The smallest absolute Gasteiger partial charge is 0.223 e. The first kappa shape index (κ1) is 16.2. The van der Waals surface area contributed by atoms with Gasteiger partial charge in [-0.2, -0.15) is 0 Å². The van der Waals surface area contributed by atoms with Crippen LogP contribution in [0.15, 0.2) is 54.6 Å². The van der Waals surface area contributed by atoms with Crippen molar-refractivity contribution in [3.8, 4) is 5.75 Å². The Bertz CT molecular complexity index is 762. The fourth-order valence-corrected chi connectivity index (χ4v) is 4.02. The molecule has 0 aliphatic carbocycles. The van der Waals surface area contributed by atoms with Crippen LogP contribution in [0.2, 0.25) is 0 Å². The molecular weight excluding hydrogens is 312 g/mol. The topological polar surface area (TPSA) is 55.6 Å². The molecule has 1 saturated heterocycles. The fourth-order valence-electron chi connectivity index (χ4n) is 4.02. The summed E-state index contributed by atoms with van der Waals surface area (Å²) in [6.07, 6.45) is 2.85. The molecule has 1 amide bonds. The predicted octanol–water partition coefficient (Wildman–Crippen LogP) is 3.42. The van der Waals surface area contributed by atoms with Crippen LogP contribution < -0.4 is 10.5 Å². The van der Waals surface area contributed by atoms with Crippen LogP contribution in [0, 0.1) is 0 Å². The van der Waals surface area contributed by atoms with Crippen molar-refractivity contribution in [2.24, 2.45) is 5.73 Å². The van der Waals surface area contributed by atoms with Gasteiger partial charge in [0.25, 0.3) is 0 Å². The van der Waals surface area contributed by atoms with Gasteiger partial charge in [-0.05, 0) is 18.1 Å². The number of carbonyl (C=O) groups excluding carboxylic acids is 1. The van der Waals surface area contributed by atoms with Gasteiger partial charge in [0.05, 0.1) is 0 Å². The van der Waals surface area contributed by atoms with Gasteiger partial charge in [0.1, 0.15) is 11.4 Å². The number of fused-ring (bicyclic) bond motifs is 1. The summed E-state index contributed by atoms with van der Waals surface area (Å²) in [5.74, 6) is 1.09. The molecule has 2 aromatic rings. The Morgan fingerprint density at radius 2 is 1.84 bits per heavy atom. The minimum Gasteiger partial charge on any atom is -0.487 e. The zero-order valence-corrected chi connectivity index (χ0v) is 14.4. The molecule has 2 aliphatic heterocycles. The number of carbonyl (C=O) groups is 1. The molecule has 2 aromatic carbocycles. The normalized spacial score (nSPS) is 26.0. The minimum absolute atomic E-state index is 0.0271. The summed E-state index contributed by atoms with van der Waals surface area (Å²) in [5, 5.41) is 0. The molecule has 4 nitrogen and oxygen atoms in total. The molecule has 2 atom stereocenters. The van der Waals surface area contributed by atoms with Crippen LogP contribution in [0.3, 0.4) is 0 Å². The molecule has 4 rings (SSSR count). The first-order chi connectivity index (χ1) is 12.2. The van der Waals surface area contributed by atoms with Gasteiger partial charge < -0.3 is 15.4 Å². The quantitative estimate of drug-likeness (QED) is 0.914. The molecule has 0 unspecified atom stereocenters. The summed E-state index contributed by atoms with van der Waals surface area (Å²) in [5.41, 5.74) is 8.33. The number of rotatable bonds is 2. The van der Waals surface area contributed by atoms with Crippen LogP contribution in [-0.4, -0.2) is 23.0 Å². The van der Waals surface area contributed by atoms with Crippen LogP contribution in [-0.2, 0) is 11.3 Å². The zero-order valence-electron chi connectivity index (χ0n) is 14.4. The van der Waals surface area contributed by atoms with E-state index >= 15 is 0 Å². The Balaban J connectivity index is 1.52. The summed E-state index contributed by atoms with van der Waals surface area (Å²) < 4.78 is 6.40. The lowest BCUT2D eigenvalue weighted by Gasteiger charge is -2.40. The van der Waals surface area contributed by atoms with Crippen molar-refractivity contribution in [1.82, 2.24) is 4.90 Å². The molecule has 4 heteroatoms. The van der Waals surface area contributed by atoms with Gasteiger partial charge in [0, 0.05) is 44.0 Å². The highest BCUT2D eigenvalue weighted by Gasteiger charge is 2.42. The van der Waals surface area contributed by atoms with Crippen molar-refractivity contribution >= 4 is 5.91 Å². The van der Waals surface area contributed by atoms with E-state index in [1.165, 1.54) is 5.56 Å². The molecule has 0 saturated carbocycles. The number of hydrogen-bond acceptors (Lipinski definition) is 3. The molecule has 2 N–H and O–H groups in total. The van der Waals surface area contributed by atoms with Crippen LogP contribution in [0.5, 0.6) is 5.75 Å². The van der Waals surface area contributed by atoms with E-state index in [4.69, 9.17) is 10.5 Å². The second-order valence-electron chi connectivity index (χ2n) is 7.18. The second kappa shape index (κ2) is 6.52. The average molecular weight is 336 g/mol. The highest BCUT2D eigenvalue weighted by atomic mass is 16.5. The number of likely N-dealkylation sites (tertiary alicyclic amines) is 1. The van der Waals surface area contributed by atoms with E-state index in [2.05, 4.69) is 12.1 Å². The van der Waals surface area contributed by atoms with Crippen LogP contribution in [0.25, 0.3) is 0 Å². The number of para-hydroxylation sites is 1. The number of nitrogens with two attached hydrogens (primary N) is 1. The van der Waals surface area contributed by atoms with Crippen LogP contribution in [0.4, 0.5) is 0 Å². The first-order valence-corrected chi connectivity index (χ1v) is 9.00. The lowest BCUT2D eigenvalue weighted by molar-refractivity contribution is -0.131. The molecule has 2 heterocycles. The van der Waals surface area contributed by atoms with Crippen molar-refractivity contribution in [1.29, 1.82) is 0 Å². The van der Waals surface area contributed by atoms with E-state index in [9.17, 15) is 4.79 Å². The van der Waals surface area contributed by atoms with Crippen molar-refractivity contribution < 1.29 is 9.53 Å². The molecule has 0 bridgehead atoms. The lowest BCUT2D eigenvalue weighted by atomic mass is 9.82. The predicted molar refractivity (Wildman–Crippen MR) is 97.1 cm³/mol. The molecular formula is C21H24N2O2. The maximum Gasteiger partial charge on any atom is 0.223 e. The number of amides is 1. The first-order valence-electron chi connectivity index (χ1n) is 9.00. The largest absolute Gasteiger partial charge is 0.487 e. The Labute approximate surface area is 148 Å². The fraction of sp³-hybridized carbons (Fsp3) is 0.381. The Kier molecular flexibility index (Phi) is 4.22. The van der Waals surface area contributed by atoms with Crippen molar-refractivity contribution in [2.75, 3.05) is 6.54 Å². The van der Waals surface area contributed by atoms with E-state index < -0.39 is 0 Å². The summed E-state index contributed by atoms with van der Waals surface area (Å²) in [7, 11) is 0. The molecule has 0 radical (unpaired) electrons. The Morgan fingerprint density at radius 1 is 1.08 bits per heavy atom. The number of benzene rings is 2. The van der Waals surface area contributed by atoms with Gasteiger partial charge >= 0.3 is 0 Å². The van der Waals surface area contributed by atoms with Gasteiger partial charge in [-0.15, -0.1) is 0 Å². The van der Waals surface area contributed by atoms with E-state index in [1.807, 2.05) is 47.4 Å². The second-order valence-corrected chi connectivity index (χ2v) is 7.18. The standard InChI is InChI=1S/C21H24N2O2/c22-18-14-21(25-19-9-5-4-8-17(18)19)11-10-20(24)23(13-12-21)15-16-6-2-1-3-7-16/h1-9,18H,10-15,22H2/t18-,21-/m0/s1. The van der Waals surface area contributed by atoms with Crippen LogP contribution in [0.1, 0.15) is 42.9 Å². The van der Waals surface area contributed by atoms with E-state index in [0.717, 1.165) is 30.6 Å². The van der Waals surface area contributed by atoms with Crippen molar-refractivity contribution in [2.45, 2.75) is 43.9 Å². The van der Waals surface area contributed by atoms with Gasteiger partial charge in [0.15, 0.2) is 0 Å². The number of hydrogen-bond donors (Lipinski definition) is 1.